The Labute approximate surface area is 233 Å². The van der Waals surface area contributed by atoms with Crippen molar-refractivity contribution in [3.63, 3.8) is 0 Å². The van der Waals surface area contributed by atoms with Crippen molar-refractivity contribution in [1.82, 2.24) is 0 Å². The van der Waals surface area contributed by atoms with Gasteiger partial charge in [-0.05, 0) is 57.6 Å². The molecular weight excluding hydrogens is 450 g/mol. The average molecular weight is 518 g/mol. The SMILES string of the molecule is C/C=C(\C(=C/C)C(O)(CCCCCC)CCCCCCC)C(CCCCCC)(CCCCCC)C(C)=N. The van der Waals surface area contributed by atoms with Crippen molar-refractivity contribution in [3.8, 4) is 0 Å². The van der Waals surface area contributed by atoms with E-state index < -0.39 is 5.60 Å². The molecule has 1 unspecified atom stereocenters. The minimum absolute atomic E-state index is 0.252. The lowest BCUT2D eigenvalue weighted by molar-refractivity contribution is 0.0538. The largest absolute Gasteiger partial charge is 0.385 e. The molecule has 0 amide bonds. The summed E-state index contributed by atoms with van der Waals surface area (Å²) in [5, 5.41) is 21.5. The Hall–Kier alpha value is -0.890. The summed E-state index contributed by atoms with van der Waals surface area (Å²) >= 11 is 0. The van der Waals surface area contributed by atoms with Crippen LogP contribution in [0.25, 0.3) is 0 Å². The molecule has 0 spiro atoms. The molecule has 0 radical (unpaired) electrons. The highest BCUT2D eigenvalue weighted by Crippen LogP contribution is 2.48. The van der Waals surface area contributed by atoms with Gasteiger partial charge in [0.05, 0.1) is 5.60 Å². The highest BCUT2D eigenvalue weighted by molar-refractivity contribution is 5.89. The van der Waals surface area contributed by atoms with Crippen LogP contribution in [0.2, 0.25) is 0 Å². The zero-order valence-electron chi connectivity index (χ0n) is 26.5. The number of hydrogen-bond acceptors (Lipinski definition) is 2. The van der Waals surface area contributed by atoms with Crippen LogP contribution in [0.1, 0.15) is 183 Å². The fourth-order valence-electron chi connectivity index (χ4n) is 6.30. The van der Waals surface area contributed by atoms with E-state index in [1.807, 2.05) is 6.92 Å². The van der Waals surface area contributed by atoms with Gasteiger partial charge in [-0.15, -0.1) is 0 Å². The van der Waals surface area contributed by atoms with Crippen molar-refractivity contribution in [3.05, 3.63) is 23.3 Å². The molecule has 0 heterocycles. The highest BCUT2D eigenvalue weighted by Gasteiger charge is 2.42. The fraction of sp³-hybridized carbons (Fsp3) is 0.857. The van der Waals surface area contributed by atoms with E-state index in [-0.39, 0.29) is 5.41 Å². The van der Waals surface area contributed by atoms with Gasteiger partial charge in [-0.25, -0.2) is 0 Å². The number of rotatable bonds is 25. The quantitative estimate of drug-likeness (QED) is 0.0705. The second kappa shape index (κ2) is 22.0. The van der Waals surface area contributed by atoms with Gasteiger partial charge in [-0.3, -0.25) is 0 Å². The lowest BCUT2D eigenvalue weighted by Crippen LogP contribution is -2.40. The standard InChI is InChI=1S/C35H67NO/c1-8-14-18-22-26-30-35(37,29-25-21-17-11-4)33(13-6)32(12-5)34(31(7)36,27-23-19-15-9-2)28-24-20-16-10-3/h12-13,36-37H,8-11,14-30H2,1-7H3/b32-12+,33-13+,36-31?. The van der Waals surface area contributed by atoms with Gasteiger partial charge in [0, 0.05) is 11.1 Å². The van der Waals surface area contributed by atoms with Gasteiger partial charge in [0.1, 0.15) is 0 Å². The van der Waals surface area contributed by atoms with Crippen molar-refractivity contribution in [2.24, 2.45) is 5.41 Å². The van der Waals surface area contributed by atoms with Crippen molar-refractivity contribution >= 4 is 5.71 Å². The predicted molar refractivity (Wildman–Crippen MR) is 168 cm³/mol. The Balaban J connectivity index is 6.25. The summed E-state index contributed by atoms with van der Waals surface area (Å²) < 4.78 is 0. The molecule has 0 aliphatic heterocycles. The van der Waals surface area contributed by atoms with Crippen LogP contribution in [0.15, 0.2) is 23.3 Å². The Morgan fingerprint density at radius 2 is 0.865 bits per heavy atom. The third kappa shape index (κ3) is 13.1. The topological polar surface area (TPSA) is 44.1 Å². The van der Waals surface area contributed by atoms with Gasteiger partial charge in [0.15, 0.2) is 0 Å². The van der Waals surface area contributed by atoms with E-state index in [1.165, 1.54) is 89.0 Å². The van der Waals surface area contributed by atoms with Gasteiger partial charge < -0.3 is 10.5 Å². The van der Waals surface area contributed by atoms with Crippen LogP contribution in [0.5, 0.6) is 0 Å². The second-order valence-electron chi connectivity index (χ2n) is 11.7. The third-order valence-corrected chi connectivity index (χ3v) is 8.65. The minimum Gasteiger partial charge on any atom is -0.385 e. The first kappa shape index (κ1) is 36.1. The number of hydrogen-bond donors (Lipinski definition) is 2. The smallest absolute Gasteiger partial charge is 0.0896 e. The molecule has 1 atom stereocenters. The molecule has 0 aliphatic rings. The monoisotopic (exact) mass is 518 g/mol. The summed E-state index contributed by atoms with van der Waals surface area (Å²) in [6.07, 6.45) is 28.9. The van der Waals surface area contributed by atoms with Crippen LogP contribution in [0, 0.1) is 10.8 Å². The van der Waals surface area contributed by atoms with Crippen molar-refractivity contribution in [1.29, 1.82) is 5.41 Å². The first-order valence-electron chi connectivity index (χ1n) is 16.4. The summed E-state index contributed by atoms with van der Waals surface area (Å²) in [6, 6.07) is 0. The Bertz CT molecular complexity index is 619. The highest BCUT2D eigenvalue weighted by atomic mass is 16.3. The van der Waals surface area contributed by atoms with Crippen LogP contribution in [0.3, 0.4) is 0 Å². The molecule has 0 saturated carbocycles. The zero-order valence-corrected chi connectivity index (χ0v) is 26.5. The van der Waals surface area contributed by atoms with Crippen LogP contribution < -0.4 is 0 Å². The molecule has 37 heavy (non-hydrogen) atoms. The maximum Gasteiger partial charge on any atom is 0.0896 e. The molecule has 2 N–H and O–H groups in total. The molecule has 0 aromatic carbocycles. The number of allylic oxidation sites excluding steroid dienone is 2. The number of nitrogens with one attached hydrogen (secondary N) is 1. The van der Waals surface area contributed by atoms with Crippen LogP contribution in [-0.2, 0) is 0 Å². The maximum absolute atomic E-state index is 12.4. The van der Waals surface area contributed by atoms with Gasteiger partial charge in [0.2, 0.25) is 0 Å². The molecule has 0 bridgehead atoms. The lowest BCUT2D eigenvalue weighted by atomic mass is 9.63. The van der Waals surface area contributed by atoms with Crippen LogP contribution in [-0.4, -0.2) is 16.4 Å². The molecule has 0 aromatic rings. The van der Waals surface area contributed by atoms with Gasteiger partial charge >= 0.3 is 0 Å². The van der Waals surface area contributed by atoms with Crippen LogP contribution in [0.4, 0.5) is 0 Å². The molecular formula is C35H67NO. The molecule has 0 aliphatic carbocycles. The van der Waals surface area contributed by atoms with E-state index in [0.717, 1.165) is 62.7 Å². The Morgan fingerprint density at radius 1 is 0.541 bits per heavy atom. The van der Waals surface area contributed by atoms with Crippen molar-refractivity contribution in [2.75, 3.05) is 0 Å². The molecule has 0 saturated heterocycles. The molecule has 2 heteroatoms. The number of aliphatic hydroxyl groups is 1. The summed E-state index contributed by atoms with van der Waals surface area (Å²) in [6.45, 7) is 15.4. The van der Waals surface area contributed by atoms with E-state index in [2.05, 4.69) is 53.7 Å². The average Bonchev–Trinajstić information content (AvgIpc) is 2.88. The molecule has 0 aromatic heterocycles. The lowest BCUT2D eigenvalue weighted by Gasteiger charge is -2.43. The van der Waals surface area contributed by atoms with E-state index >= 15 is 0 Å². The normalized spacial score (nSPS) is 14.7. The molecule has 0 rings (SSSR count). The number of unbranched alkanes of at least 4 members (excludes halogenated alkanes) is 13. The Kier molecular flexibility index (Phi) is 21.5. The summed E-state index contributed by atoms with van der Waals surface area (Å²) in [4.78, 5) is 0. The Morgan fingerprint density at radius 3 is 1.19 bits per heavy atom. The van der Waals surface area contributed by atoms with Crippen molar-refractivity contribution in [2.45, 2.75) is 189 Å². The summed E-state index contributed by atoms with van der Waals surface area (Å²) in [5.74, 6) is 0. The van der Waals surface area contributed by atoms with Gasteiger partial charge in [-0.1, -0.05) is 149 Å². The third-order valence-electron chi connectivity index (χ3n) is 8.65. The second-order valence-corrected chi connectivity index (χ2v) is 11.7. The first-order valence-corrected chi connectivity index (χ1v) is 16.4. The van der Waals surface area contributed by atoms with Gasteiger partial charge in [0.25, 0.3) is 0 Å². The van der Waals surface area contributed by atoms with E-state index in [4.69, 9.17) is 5.41 Å². The molecule has 0 fully saturated rings. The van der Waals surface area contributed by atoms with Crippen LogP contribution >= 0.6 is 0 Å². The summed E-state index contributed by atoms with van der Waals surface area (Å²) in [7, 11) is 0. The minimum atomic E-state index is -0.788. The van der Waals surface area contributed by atoms with E-state index in [9.17, 15) is 5.11 Å². The predicted octanol–water partition coefficient (Wildman–Crippen LogP) is 11.9. The maximum atomic E-state index is 12.4. The van der Waals surface area contributed by atoms with Gasteiger partial charge in [-0.2, -0.15) is 0 Å². The van der Waals surface area contributed by atoms with Crippen molar-refractivity contribution < 1.29 is 5.11 Å². The molecule has 218 valence electrons. The molecule has 2 nitrogen and oxygen atoms in total. The zero-order chi connectivity index (χ0) is 28.0. The summed E-state index contributed by atoms with van der Waals surface area (Å²) in [5.41, 5.74) is 2.16. The fourth-order valence-corrected chi connectivity index (χ4v) is 6.30. The first-order chi connectivity index (χ1) is 17.8. The van der Waals surface area contributed by atoms with E-state index in [0.29, 0.717) is 0 Å². The van der Waals surface area contributed by atoms with E-state index in [1.54, 1.807) is 0 Å².